The minimum absolute atomic E-state index is 1.12. The highest BCUT2D eigenvalue weighted by atomic mass is 14.0. The SMILES string of the molecule is CCC1=CCC(C)=CC(C)=C1. The molecule has 11 heavy (non-hydrogen) atoms. The highest BCUT2D eigenvalue weighted by Gasteiger charge is 1.96. The van der Waals surface area contributed by atoms with E-state index in [2.05, 4.69) is 39.0 Å². The van der Waals surface area contributed by atoms with Crippen LogP contribution in [0.3, 0.4) is 0 Å². The van der Waals surface area contributed by atoms with Crippen molar-refractivity contribution in [3.8, 4) is 0 Å². The van der Waals surface area contributed by atoms with Crippen molar-refractivity contribution >= 4 is 0 Å². The Kier molecular flexibility index (Phi) is 2.70. The molecule has 0 saturated carbocycles. The van der Waals surface area contributed by atoms with Crippen molar-refractivity contribution in [3.63, 3.8) is 0 Å². The average Bonchev–Trinajstić information content (AvgIpc) is 2.11. The van der Waals surface area contributed by atoms with Gasteiger partial charge in [0.05, 0.1) is 0 Å². The van der Waals surface area contributed by atoms with Crippen molar-refractivity contribution in [2.45, 2.75) is 33.6 Å². The average molecular weight is 148 g/mol. The van der Waals surface area contributed by atoms with Gasteiger partial charge in [0.1, 0.15) is 0 Å². The van der Waals surface area contributed by atoms with Gasteiger partial charge in [0, 0.05) is 0 Å². The normalized spacial score (nSPS) is 18.3. The van der Waals surface area contributed by atoms with Gasteiger partial charge in [-0.15, -0.1) is 0 Å². The molecule has 0 unspecified atom stereocenters. The first-order chi connectivity index (χ1) is 5.22. The Morgan fingerprint density at radius 3 is 2.64 bits per heavy atom. The molecule has 0 bridgehead atoms. The lowest BCUT2D eigenvalue weighted by atomic mass is 10.1. The third-order valence-electron chi connectivity index (χ3n) is 1.98. The highest BCUT2D eigenvalue weighted by molar-refractivity contribution is 5.34. The van der Waals surface area contributed by atoms with Crippen LogP contribution in [-0.2, 0) is 0 Å². The van der Waals surface area contributed by atoms with Crippen molar-refractivity contribution in [2.75, 3.05) is 0 Å². The first-order valence-corrected chi connectivity index (χ1v) is 4.27. The van der Waals surface area contributed by atoms with E-state index >= 15 is 0 Å². The molecule has 0 heteroatoms. The van der Waals surface area contributed by atoms with Gasteiger partial charge in [-0.05, 0) is 26.7 Å². The van der Waals surface area contributed by atoms with Crippen molar-refractivity contribution in [2.24, 2.45) is 0 Å². The molecule has 60 valence electrons. The van der Waals surface area contributed by atoms with Crippen LogP contribution in [0.1, 0.15) is 33.6 Å². The third kappa shape index (κ3) is 2.38. The lowest BCUT2D eigenvalue weighted by Crippen LogP contribution is -1.74. The zero-order valence-electron chi connectivity index (χ0n) is 7.65. The summed E-state index contributed by atoms with van der Waals surface area (Å²) in [7, 11) is 0. The van der Waals surface area contributed by atoms with E-state index in [9.17, 15) is 0 Å². The van der Waals surface area contributed by atoms with Crippen molar-refractivity contribution in [1.29, 1.82) is 0 Å². The minimum Gasteiger partial charge on any atom is -0.0773 e. The summed E-state index contributed by atoms with van der Waals surface area (Å²) < 4.78 is 0. The van der Waals surface area contributed by atoms with Crippen LogP contribution in [-0.4, -0.2) is 0 Å². The standard InChI is InChI=1S/C11H16/c1-4-11-6-5-9(2)7-10(3)8-11/h6-8H,4-5H2,1-3H3. The molecular weight excluding hydrogens is 132 g/mol. The molecule has 0 aromatic heterocycles. The van der Waals surface area contributed by atoms with Gasteiger partial charge in [0.15, 0.2) is 0 Å². The van der Waals surface area contributed by atoms with E-state index in [1.54, 1.807) is 0 Å². The quantitative estimate of drug-likeness (QED) is 0.532. The van der Waals surface area contributed by atoms with Gasteiger partial charge in [0.25, 0.3) is 0 Å². The van der Waals surface area contributed by atoms with Gasteiger partial charge in [-0.1, -0.05) is 41.9 Å². The van der Waals surface area contributed by atoms with E-state index in [4.69, 9.17) is 0 Å². The van der Waals surface area contributed by atoms with Gasteiger partial charge >= 0.3 is 0 Å². The van der Waals surface area contributed by atoms with E-state index in [1.165, 1.54) is 16.7 Å². The summed E-state index contributed by atoms with van der Waals surface area (Å²) in [5.41, 5.74) is 4.31. The molecule has 1 aliphatic rings. The Balaban J connectivity index is 2.85. The maximum atomic E-state index is 2.32. The zero-order valence-corrected chi connectivity index (χ0v) is 7.65. The molecule has 0 atom stereocenters. The van der Waals surface area contributed by atoms with Crippen LogP contribution in [0.5, 0.6) is 0 Å². The Morgan fingerprint density at radius 1 is 1.27 bits per heavy atom. The first-order valence-electron chi connectivity index (χ1n) is 4.27. The molecule has 0 aliphatic heterocycles. The van der Waals surface area contributed by atoms with Crippen LogP contribution in [0.25, 0.3) is 0 Å². The van der Waals surface area contributed by atoms with E-state index < -0.39 is 0 Å². The molecule has 1 aliphatic carbocycles. The second-order valence-electron chi connectivity index (χ2n) is 3.22. The van der Waals surface area contributed by atoms with E-state index in [-0.39, 0.29) is 0 Å². The Labute approximate surface area is 69.3 Å². The Hall–Kier alpha value is -0.780. The molecule has 0 spiro atoms. The van der Waals surface area contributed by atoms with Crippen molar-refractivity contribution in [1.82, 2.24) is 0 Å². The lowest BCUT2D eigenvalue weighted by molar-refractivity contribution is 1.11. The molecule has 0 amide bonds. The van der Waals surface area contributed by atoms with Crippen LogP contribution < -0.4 is 0 Å². The number of rotatable bonds is 1. The minimum atomic E-state index is 1.12. The summed E-state index contributed by atoms with van der Waals surface area (Å²) in [4.78, 5) is 0. The molecule has 0 aromatic carbocycles. The second kappa shape index (κ2) is 3.56. The summed E-state index contributed by atoms with van der Waals surface area (Å²) >= 11 is 0. The molecule has 0 fully saturated rings. The Morgan fingerprint density at radius 2 is 2.00 bits per heavy atom. The van der Waals surface area contributed by atoms with E-state index in [0.717, 1.165) is 12.8 Å². The van der Waals surface area contributed by atoms with Crippen LogP contribution in [0.2, 0.25) is 0 Å². The third-order valence-corrected chi connectivity index (χ3v) is 1.98. The van der Waals surface area contributed by atoms with Crippen LogP contribution >= 0.6 is 0 Å². The van der Waals surface area contributed by atoms with E-state index in [0.29, 0.717) is 0 Å². The fourth-order valence-corrected chi connectivity index (χ4v) is 1.38. The molecule has 0 nitrogen and oxygen atoms in total. The number of hydrogen-bond acceptors (Lipinski definition) is 0. The topological polar surface area (TPSA) is 0 Å². The summed E-state index contributed by atoms with van der Waals surface area (Å²) in [6.07, 6.45) is 9.13. The molecular formula is C11H16. The summed E-state index contributed by atoms with van der Waals surface area (Å²) in [5, 5.41) is 0. The fourth-order valence-electron chi connectivity index (χ4n) is 1.38. The fraction of sp³-hybridized carbons (Fsp3) is 0.455. The summed E-state index contributed by atoms with van der Waals surface area (Å²) in [6.45, 7) is 6.56. The van der Waals surface area contributed by atoms with Crippen molar-refractivity contribution < 1.29 is 0 Å². The molecule has 1 rings (SSSR count). The molecule has 0 radical (unpaired) electrons. The predicted molar refractivity (Wildman–Crippen MR) is 50.5 cm³/mol. The zero-order chi connectivity index (χ0) is 8.27. The summed E-state index contributed by atoms with van der Waals surface area (Å²) in [5.74, 6) is 0. The maximum Gasteiger partial charge on any atom is -0.0133 e. The first kappa shape index (κ1) is 8.32. The molecule has 0 heterocycles. The van der Waals surface area contributed by atoms with Gasteiger partial charge < -0.3 is 0 Å². The molecule has 0 aromatic rings. The van der Waals surface area contributed by atoms with Gasteiger partial charge in [0.2, 0.25) is 0 Å². The summed E-state index contributed by atoms with van der Waals surface area (Å²) in [6, 6.07) is 0. The number of allylic oxidation sites excluding steroid dienone is 6. The number of hydrogen-bond donors (Lipinski definition) is 0. The van der Waals surface area contributed by atoms with Gasteiger partial charge in [-0.2, -0.15) is 0 Å². The van der Waals surface area contributed by atoms with Crippen LogP contribution in [0, 0.1) is 0 Å². The molecule has 0 N–H and O–H groups in total. The van der Waals surface area contributed by atoms with E-state index in [1.807, 2.05) is 0 Å². The monoisotopic (exact) mass is 148 g/mol. The predicted octanol–water partition coefficient (Wildman–Crippen LogP) is 3.62. The lowest BCUT2D eigenvalue weighted by Gasteiger charge is -1.94. The van der Waals surface area contributed by atoms with Crippen LogP contribution in [0.4, 0.5) is 0 Å². The van der Waals surface area contributed by atoms with Crippen LogP contribution in [0.15, 0.2) is 34.9 Å². The van der Waals surface area contributed by atoms with Gasteiger partial charge in [-0.25, -0.2) is 0 Å². The molecule has 0 saturated heterocycles. The van der Waals surface area contributed by atoms with Crippen molar-refractivity contribution in [3.05, 3.63) is 34.9 Å². The maximum absolute atomic E-state index is 2.32. The Bertz CT molecular complexity index is 226. The highest BCUT2D eigenvalue weighted by Crippen LogP contribution is 2.17. The largest absolute Gasteiger partial charge is 0.0773 e. The second-order valence-corrected chi connectivity index (χ2v) is 3.22. The van der Waals surface area contributed by atoms with Gasteiger partial charge in [-0.3, -0.25) is 0 Å². The smallest absolute Gasteiger partial charge is 0.0133 e.